The van der Waals surface area contributed by atoms with Crippen molar-refractivity contribution in [2.24, 2.45) is 23.5 Å². The maximum absolute atomic E-state index is 12.7. The molecule has 0 heterocycles. The third-order valence-electron chi connectivity index (χ3n) is 8.25. The van der Waals surface area contributed by atoms with Gasteiger partial charge in [-0.25, -0.2) is 0 Å². The third kappa shape index (κ3) is 16.3. The van der Waals surface area contributed by atoms with E-state index in [1.165, 1.54) is 0 Å². The standard InChI is InChI=1S/C30H59N3O14/c1-15(2)6-9-30(4,5)47-11-8-16(3)17(7-10-32-28(45)25(42)23(40)21(38)19(36)13-34)12-18(27(31)44)33-29(46)26(43)24(41)22(39)20(37)14-35/h15-26,34-43H,6-14H2,1-5H3,(H2,31,44)(H,32,45)(H,33,46). The van der Waals surface area contributed by atoms with Gasteiger partial charge in [0, 0.05) is 13.2 Å². The Hall–Kier alpha value is -2.03. The first kappa shape index (κ1) is 45.0. The summed E-state index contributed by atoms with van der Waals surface area (Å²) < 4.78 is 6.10. The Kier molecular flexibility index (Phi) is 20.9. The molecular formula is C30H59N3O14. The molecule has 0 aliphatic carbocycles. The van der Waals surface area contributed by atoms with Crippen molar-refractivity contribution < 1.29 is 70.2 Å². The lowest BCUT2D eigenvalue weighted by Crippen LogP contribution is -2.55. The lowest BCUT2D eigenvalue weighted by Gasteiger charge is -2.31. The number of carbonyl (C=O) groups excluding carboxylic acids is 3. The monoisotopic (exact) mass is 685 g/mol. The number of aliphatic hydroxyl groups excluding tert-OH is 10. The molecule has 3 amide bonds. The van der Waals surface area contributed by atoms with Crippen molar-refractivity contribution in [1.82, 2.24) is 10.6 Å². The van der Waals surface area contributed by atoms with Crippen molar-refractivity contribution in [3.8, 4) is 0 Å². The molecule has 11 atom stereocenters. The van der Waals surface area contributed by atoms with Gasteiger partial charge in [-0.05, 0) is 63.7 Å². The minimum absolute atomic E-state index is 0.119. The summed E-state index contributed by atoms with van der Waals surface area (Å²) in [7, 11) is 0. The number of nitrogens with one attached hydrogen (secondary N) is 2. The van der Waals surface area contributed by atoms with Crippen LogP contribution >= 0.6 is 0 Å². The summed E-state index contributed by atoms with van der Waals surface area (Å²) in [6.07, 6.45) is -14.3. The largest absolute Gasteiger partial charge is 0.394 e. The number of nitrogens with two attached hydrogens (primary N) is 1. The number of aliphatic hydroxyl groups is 10. The molecule has 0 bridgehead atoms. The van der Waals surface area contributed by atoms with E-state index >= 15 is 0 Å². The molecule has 14 N–H and O–H groups in total. The fourth-order valence-corrected chi connectivity index (χ4v) is 4.75. The van der Waals surface area contributed by atoms with Crippen LogP contribution < -0.4 is 16.4 Å². The zero-order chi connectivity index (χ0) is 36.6. The second-order valence-electron chi connectivity index (χ2n) is 13.2. The summed E-state index contributed by atoms with van der Waals surface area (Å²) in [6.45, 7) is 8.31. The number of amides is 3. The van der Waals surface area contributed by atoms with Crippen LogP contribution in [0.25, 0.3) is 0 Å². The van der Waals surface area contributed by atoms with E-state index in [2.05, 4.69) is 24.5 Å². The van der Waals surface area contributed by atoms with E-state index in [4.69, 9.17) is 20.7 Å². The molecule has 0 fully saturated rings. The van der Waals surface area contributed by atoms with Crippen LogP contribution in [0, 0.1) is 17.8 Å². The maximum Gasteiger partial charge on any atom is 0.252 e. The number of rotatable bonds is 25. The molecule has 278 valence electrons. The molecule has 0 rings (SSSR count). The van der Waals surface area contributed by atoms with E-state index < -0.39 is 97.3 Å². The third-order valence-corrected chi connectivity index (χ3v) is 8.25. The first-order valence-corrected chi connectivity index (χ1v) is 15.9. The summed E-state index contributed by atoms with van der Waals surface area (Å²) in [4.78, 5) is 37.5. The summed E-state index contributed by atoms with van der Waals surface area (Å²) in [5, 5.41) is 102. The predicted molar refractivity (Wildman–Crippen MR) is 167 cm³/mol. The Balaban J connectivity index is 5.73. The maximum atomic E-state index is 12.7. The topological polar surface area (TPSA) is 313 Å². The lowest BCUT2D eigenvalue weighted by molar-refractivity contribution is -0.150. The lowest BCUT2D eigenvalue weighted by atomic mass is 9.83. The highest BCUT2D eigenvalue weighted by Crippen LogP contribution is 2.27. The SMILES string of the molecule is CC(C)CCC(C)(C)OCCC(C)C(CCNC(=O)C(O)C(O)C(O)C(O)CO)CC(NC(=O)C(O)C(O)C(O)C(O)CO)C(N)=O. The van der Waals surface area contributed by atoms with E-state index in [1.807, 2.05) is 20.8 Å². The molecule has 47 heavy (non-hydrogen) atoms. The van der Waals surface area contributed by atoms with E-state index in [9.17, 15) is 55.2 Å². The van der Waals surface area contributed by atoms with E-state index in [0.29, 0.717) is 18.9 Å². The zero-order valence-electron chi connectivity index (χ0n) is 28.0. The van der Waals surface area contributed by atoms with Crippen LogP contribution in [0.5, 0.6) is 0 Å². The van der Waals surface area contributed by atoms with Crippen molar-refractivity contribution in [1.29, 1.82) is 0 Å². The average molecular weight is 686 g/mol. The second-order valence-corrected chi connectivity index (χ2v) is 13.2. The van der Waals surface area contributed by atoms with Crippen LogP contribution in [0.4, 0.5) is 0 Å². The van der Waals surface area contributed by atoms with Gasteiger partial charge < -0.3 is 72.2 Å². The fraction of sp³-hybridized carbons (Fsp3) is 0.900. The van der Waals surface area contributed by atoms with Crippen molar-refractivity contribution in [3.05, 3.63) is 0 Å². The average Bonchev–Trinajstić information content (AvgIpc) is 3.02. The van der Waals surface area contributed by atoms with Crippen molar-refractivity contribution >= 4 is 17.7 Å². The van der Waals surface area contributed by atoms with Crippen LogP contribution in [-0.2, 0) is 19.1 Å². The van der Waals surface area contributed by atoms with Gasteiger partial charge in [0.2, 0.25) is 5.91 Å². The van der Waals surface area contributed by atoms with Gasteiger partial charge in [0.25, 0.3) is 11.8 Å². The molecule has 17 heteroatoms. The Morgan fingerprint density at radius 2 is 1.23 bits per heavy atom. The number of hydrogen-bond acceptors (Lipinski definition) is 14. The van der Waals surface area contributed by atoms with Crippen LogP contribution in [-0.4, -0.2) is 156 Å². The van der Waals surface area contributed by atoms with Gasteiger partial charge in [-0.2, -0.15) is 0 Å². The van der Waals surface area contributed by atoms with Crippen LogP contribution in [0.3, 0.4) is 0 Å². The van der Waals surface area contributed by atoms with Crippen molar-refractivity contribution in [2.45, 2.75) is 127 Å². The minimum atomic E-state index is -2.31. The molecular weight excluding hydrogens is 626 g/mol. The molecule has 0 radical (unpaired) electrons. The Morgan fingerprint density at radius 3 is 1.68 bits per heavy atom. The molecule has 0 spiro atoms. The number of ether oxygens (including phenoxy) is 1. The number of hydrogen-bond donors (Lipinski definition) is 13. The van der Waals surface area contributed by atoms with Gasteiger partial charge in [-0.3, -0.25) is 14.4 Å². The number of carbonyl (C=O) groups is 3. The zero-order valence-corrected chi connectivity index (χ0v) is 28.0. The smallest absolute Gasteiger partial charge is 0.252 e. The predicted octanol–water partition coefficient (Wildman–Crippen LogP) is -4.40. The molecule has 17 nitrogen and oxygen atoms in total. The Morgan fingerprint density at radius 1 is 0.745 bits per heavy atom. The highest BCUT2D eigenvalue weighted by molar-refractivity contribution is 5.88. The number of primary amides is 1. The summed E-state index contributed by atoms with van der Waals surface area (Å²) in [6, 6.07) is -1.40. The van der Waals surface area contributed by atoms with Crippen molar-refractivity contribution in [2.75, 3.05) is 26.4 Å². The van der Waals surface area contributed by atoms with Gasteiger partial charge in [0.1, 0.15) is 42.7 Å². The van der Waals surface area contributed by atoms with Crippen molar-refractivity contribution in [3.63, 3.8) is 0 Å². The van der Waals surface area contributed by atoms with E-state index in [0.717, 1.165) is 12.8 Å². The quantitative estimate of drug-likeness (QED) is 0.0432. The molecule has 0 aromatic rings. The second kappa shape index (κ2) is 21.8. The summed E-state index contributed by atoms with van der Waals surface area (Å²) in [5.41, 5.74) is 5.12. The highest BCUT2D eigenvalue weighted by Gasteiger charge is 2.37. The normalized spacial score (nSPS) is 19.4. The fourth-order valence-electron chi connectivity index (χ4n) is 4.75. The minimum Gasteiger partial charge on any atom is -0.394 e. The molecule has 0 aromatic heterocycles. The molecule has 0 aliphatic rings. The molecule has 11 unspecified atom stereocenters. The van der Waals surface area contributed by atoms with Crippen LogP contribution in [0.2, 0.25) is 0 Å². The molecule has 0 aromatic carbocycles. The van der Waals surface area contributed by atoms with Crippen LogP contribution in [0.1, 0.15) is 66.7 Å². The van der Waals surface area contributed by atoms with Gasteiger partial charge >= 0.3 is 0 Å². The van der Waals surface area contributed by atoms with Gasteiger partial charge in [-0.15, -0.1) is 0 Å². The van der Waals surface area contributed by atoms with Gasteiger partial charge in [-0.1, -0.05) is 20.8 Å². The molecule has 0 saturated heterocycles. The van der Waals surface area contributed by atoms with E-state index in [1.54, 1.807) is 0 Å². The first-order valence-electron chi connectivity index (χ1n) is 15.9. The Bertz CT molecular complexity index is 926. The molecule has 0 aliphatic heterocycles. The summed E-state index contributed by atoms with van der Waals surface area (Å²) >= 11 is 0. The highest BCUT2D eigenvalue weighted by atomic mass is 16.5. The first-order chi connectivity index (χ1) is 21.7. The molecule has 0 saturated carbocycles. The van der Waals surface area contributed by atoms with Gasteiger partial charge in [0.05, 0.1) is 18.8 Å². The van der Waals surface area contributed by atoms with Crippen LogP contribution in [0.15, 0.2) is 0 Å². The van der Waals surface area contributed by atoms with Gasteiger partial charge in [0.15, 0.2) is 12.2 Å². The summed E-state index contributed by atoms with van der Waals surface area (Å²) in [5.74, 6) is -3.59. The van der Waals surface area contributed by atoms with E-state index in [-0.39, 0.29) is 25.3 Å². The Labute approximate surface area is 275 Å².